The van der Waals surface area contributed by atoms with Gasteiger partial charge in [-0.05, 0) is 32.4 Å². The highest BCUT2D eigenvalue weighted by Gasteiger charge is 2.18. The molecular weight excluding hydrogens is 232 g/mol. The van der Waals surface area contributed by atoms with Crippen LogP contribution in [0.25, 0.3) is 0 Å². The Morgan fingerprint density at radius 2 is 1.89 bits per heavy atom. The molecule has 0 heterocycles. The molecule has 4 N–H and O–H groups in total. The van der Waals surface area contributed by atoms with Gasteiger partial charge in [0, 0.05) is 5.69 Å². The first-order chi connectivity index (χ1) is 8.20. The first-order valence-electron chi connectivity index (χ1n) is 5.59. The van der Waals surface area contributed by atoms with E-state index in [1.807, 2.05) is 0 Å². The van der Waals surface area contributed by atoms with Crippen LogP contribution < -0.4 is 11.5 Å². The normalized spacial score (nSPS) is 11.1. The van der Waals surface area contributed by atoms with Crippen LogP contribution in [0.1, 0.15) is 36.7 Å². The maximum absolute atomic E-state index is 11.7. The molecule has 1 rings (SSSR count). The first kappa shape index (κ1) is 14.0. The number of ether oxygens (including phenoxy) is 1. The molecule has 5 heteroatoms. The van der Waals surface area contributed by atoms with E-state index in [0.29, 0.717) is 5.56 Å². The van der Waals surface area contributed by atoms with Gasteiger partial charge in [0.1, 0.15) is 5.60 Å². The molecule has 0 aromatic heterocycles. The van der Waals surface area contributed by atoms with E-state index in [4.69, 9.17) is 16.2 Å². The summed E-state index contributed by atoms with van der Waals surface area (Å²) in [5, 5.41) is 0. The largest absolute Gasteiger partial charge is 0.460 e. The zero-order chi connectivity index (χ0) is 13.9. The van der Waals surface area contributed by atoms with Gasteiger partial charge in [0.05, 0.1) is 12.0 Å². The number of nitrogens with two attached hydrogens (primary N) is 2. The summed E-state index contributed by atoms with van der Waals surface area (Å²) >= 11 is 0. The molecule has 1 aromatic carbocycles. The molecule has 18 heavy (non-hydrogen) atoms. The van der Waals surface area contributed by atoms with Crippen LogP contribution in [0.4, 0.5) is 5.69 Å². The lowest BCUT2D eigenvalue weighted by Crippen LogP contribution is -2.25. The van der Waals surface area contributed by atoms with Crippen molar-refractivity contribution >= 4 is 17.6 Å². The van der Waals surface area contributed by atoms with Crippen molar-refractivity contribution in [2.45, 2.75) is 32.8 Å². The number of esters is 1. The zero-order valence-corrected chi connectivity index (χ0v) is 10.8. The number of amides is 1. The summed E-state index contributed by atoms with van der Waals surface area (Å²) in [5.41, 5.74) is 11.4. The molecule has 0 bridgehead atoms. The van der Waals surface area contributed by atoms with Gasteiger partial charge in [-0.2, -0.15) is 0 Å². The number of para-hydroxylation sites is 1. The summed E-state index contributed by atoms with van der Waals surface area (Å²) in [6.45, 7) is 5.36. The minimum absolute atomic E-state index is 0.0181. The summed E-state index contributed by atoms with van der Waals surface area (Å²) in [4.78, 5) is 22.8. The maximum Gasteiger partial charge on any atom is 0.310 e. The second kappa shape index (κ2) is 5.08. The molecule has 0 aliphatic heterocycles. The predicted octanol–water partition coefficient (Wildman–Crippen LogP) is 1.25. The van der Waals surface area contributed by atoms with Crippen molar-refractivity contribution in [1.82, 2.24) is 0 Å². The van der Waals surface area contributed by atoms with Gasteiger partial charge in [-0.25, -0.2) is 0 Å². The fourth-order valence-corrected chi connectivity index (χ4v) is 1.52. The number of hydrogen-bond donors (Lipinski definition) is 2. The third-order valence-corrected chi connectivity index (χ3v) is 2.22. The van der Waals surface area contributed by atoms with Gasteiger partial charge in [-0.3, -0.25) is 9.59 Å². The molecule has 0 saturated heterocycles. The molecule has 0 unspecified atom stereocenters. The number of hydrogen-bond acceptors (Lipinski definition) is 4. The average Bonchev–Trinajstić information content (AvgIpc) is 2.17. The molecule has 0 aliphatic rings. The van der Waals surface area contributed by atoms with Crippen molar-refractivity contribution in [1.29, 1.82) is 0 Å². The van der Waals surface area contributed by atoms with Gasteiger partial charge in [-0.15, -0.1) is 0 Å². The van der Waals surface area contributed by atoms with E-state index in [2.05, 4.69) is 0 Å². The van der Waals surface area contributed by atoms with Crippen LogP contribution >= 0.6 is 0 Å². The molecule has 0 saturated carbocycles. The molecule has 0 spiro atoms. The highest BCUT2D eigenvalue weighted by Crippen LogP contribution is 2.19. The van der Waals surface area contributed by atoms with Crippen LogP contribution in [0.5, 0.6) is 0 Å². The van der Waals surface area contributed by atoms with Crippen molar-refractivity contribution in [3.8, 4) is 0 Å². The highest BCUT2D eigenvalue weighted by molar-refractivity contribution is 5.99. The van der Waals surface area contributed by atoms with E-state index in [1.165, 1.54) is 6.07 Å². The Balaban J connectivity index is 2.89. The molecule has 5 nitrogen and oxygen atoms in total. The summed E-state index contributed by atoms with van der Waals surface area (Å²) in [5.74, 6) is -1.01. The van der Waals surface area contributed by atoms with E-state index in [-0.39, 0.29) is 17.7 Å². The van der Waals surface area contributed by atoms with Crippen LogP contribution in [0.15, 0.2) is 18.2 Å². The van der Waals surface area contributed by atoms with E-state index >= 15 is 0 Å². The third-order valence-electron chi connectivity index (χ3n) is 2.22. The van der Waals surface area contributed by atoms with E-state index < -0.39 is 17.5 Å². The van der Waals surface area contributed by atoms with E-state index in [0.717, 1.165) is 0 Å². The van der Waals surface area contributed by atoms with E-state index in [9.17, 15) is 9.59 Å². The number of carbonyl (C=O) groups is 2. The van der Waals surface area contributed by atoms with E-state index in [1.54, 1.807) is 32.9 Å². The Morgan fingerprint density at radius 3 is 2.39 bits per heavy atom. The lowest BCUT2D eigenvalue weighted by molar-refractivity contribution is -0.153. The summed E-state index contributed by atoms with van der Waals surface area (Å²) in [7, 11) is 0. The predicted molar refractivity (Wildman–Crippen MR) is 68.9 cm³/mol. The van der Waals surface area contributed by atoms with Crippen LogP contribution in [0.2, 0.25) is 0 Å². The van der Waals surface area contributed by atoms with Gasteiger partial charge in [-0.1, -0.05) is 12.1 Å². The molecule has 0 atom stereocenters. The average molecular weight is 250 g/mol. The Labute approximate surface area is 106 Å². The lowest BCUT2D eigenvalue weighted by Gasteiger charge is -2.19. The van der Waals surface area contributed by atoms with Gasteiger partial charge in [0.25, 0.3) is 5.91 Å². The van der Waals surface area contributed by atoms with Gasteiger partial charge >= 0.3 is 5.97 Å². The second-order valence-corrected chi connectivity index (χ2v) is 5.01. The third kappa shape index (κ3) is 3.76. The fraction of sp³-hybridized carbons (Fsp3) is 0.385. The topological polar surface area (TPSA) is 95.4 Å². The lowest BCUT2D eigenvalue weighted by atomic mass is 10.0. The Morgan fingerprint density at radius 1 is 1.28 bits per heavy atom. The minimum Gasteiger partial charge on any atom is -0.460 e. The number of nitrogen functional groups attached to an aromatic ring is 1. The van der Waals surface area contributed by atoms with Crippen molar-refractivity contribution in [3.63, 3.8) is 0 Å². The first-order valence-corrected chi connectivity index (χ1v) is 5.59. The van der Waals surface area contributed by atoms with Crippen LogP contribution in [0.3, 0.4) is 0 Å². The monoisotopic (exact) mass is 250 g/mol. The summed E-state index contributed by atoms with van der Waals surface area (Å²) in [6.07, 6.45) is 0.0181. The zero-order valence-electron chi connectivity index (χ0n) is 10.8. The quantitative estimate of drug-likeness (QED) is 0.623. The Bertz CT molecular complexity index is 476. The van der Waals surface area contributed by atoms with Crippen LogP contribution in [-0.2, 0) is 16.0 Å². The maximum atomic E-state index is 11.7. The van der Waals surface area contributed by atoms with Crippen molar-refractivity contribution in [3.05, 3.63) is 29.3 Å². The summed E-state index contributed by atoms with van der Waals surface area (Å²) in [6, 6.07) is 4.83. The van der Waals surface area contributed by atoms with Crippen molar-refractivity contribution in [2.75, 3.05) is 5.73 Å². The minimum atomic E-state index is -0.612. The van der Waals surface area contributed by atoms with Crippen LogP contribution in [-0.4, -0.2) is 17.5 Å². The van der Waals surface area contributed by atoms with Crippen molar-refractivity contribution in [2.24, 2.45) is 5.73 Å². The Hall–Kier alpha value is -2.04. The highest BCUT2D eigenvalue weighted by atomic mass is 16.6. The molecule has 1 aromatic rings. The molecule has 0 aliphatic carbocycles. The fourth-order valence-electron chi connectivity index (χ4n) is 1.52. The number of carbonyl (C=O) groups excluding carboxylic acids is 2. The second-order valence-electron chi connectivity index (χ2n) is 5.01. The van der Waals surface area contributed by atoms with Crippen LogP contribution in [0, 0.1) is 0 Å². The SMILES string of the molecule is CC(C)(C)OC(=O)Cc1cccc(C(N)=O)c1N. The van der Waals surface area contributed by atoms with Crippen molar-refractivity contribution < 1.29 is 14.3 Å². The molecule has 0 fully saturated rings. The molecule has 98 valence electrons. The standard InChI is InChI=1S/C13H18N2O3/c1-13(2,3)18-10(16)7-8-5-4-6-9(11(8)14)12(15)17/h4-6H,7,14H2,1-3H3,(H2,15,17). The Kier molecular flexibility index (Phi) is 3.96. The molecule has 0 radical (unpaired) electrons. The number of primary amides is 1. The number of anilines is 1. The van der Waals surface area contributed by atoms with Gasteiger partial charge in [0.2, 0.25) is 0 Å². The molecule has 1 amide bonds. The number of rotatable bonds is 3. The van der Waals surface area contributed by atoms with Gasteiger partial charge < -0.3 is 16.2 Å². The summed E-state index contributed by atoms with van der Waals surface area (Å²) < 4.78 is 5.19. The number of benzene rings is 1. The van der Waals surface area contributed by atoms with Gasteiger partial charge in [0.15, 0.2) is 0 Å². The smallest absolute Gasteiger partial charge is 0.310 e. The molecular formula is C13H18N2O3.